The van der Waals surface area contributed by atoms with Crippen molar-refractivity contribution in [3.05, 3.63) is 28.8 Å². The van der Waals surface area contributed by atoms with Gasteiger partial charge in [0.2, 0.25) is 0 Å². The summed E-state index contributed by atoms with van der Waals surface area (Å²) in [5.41, 5.74) is 2.61. The number of aliphatic imine (C=N–C) groups is 1. The highest BCUT2D eigenvalue weighted by atomic mass is 127. The van der Waals surface area contributed by atoms with Crippen LogP contribution in [0.1, 0.15) is 25.3 Å². The number of aryl methyl sites for hydroxylation is 1. The normalized spacial score (nSPS) is 19.6. The standard InChI is InChI=1S/C22H36ClN5O.HI/c1-5-24-21(25-17-22(26(3)4)8-14-29-15-9-22)28-12-10-27(11-13-28)20-16-19(23)7-6-18(20)2;/h6-7,16H,5,8-15,17H2,1-4H3,(H,24,25);1H. The maximum absolute atomic E-state index is 6.23. The van der Waals surface area contributed by atoms with Gasteiger partial charge in [0.25, 0.3) is 0 Å². The third kappa shape index (κ3) is 6.14. The van der Waals surface area contributed by atoms with Gasteiger partial charge in [-0.1, -0.05) is 17.7 Å². The van der Waals surface area contributed by atoms with Crippen molar-refractivity contribution < 1.29 is 4.74 Å². The van der Waals surface area contributed by atoms with Crippen LogP contribution in [-0.2, 0) is 4.74 Å². The van der Waals surface area contributed by atoms with Gasteiger partial charge in [0.1, 0.15) is 0 Å². The number of halogens is 2. The molecule has 0 atom stereocenters. The molecule has 30 heavy (non-hydrogen) atoms. The Labute approximate surface area is 204 Å². The van der Waals surface area contributed by atoms with Gasteiger partial charge in [-0.2, -0.15) is 0 Å². The summed E-state index contributed by atoms with van der Waals surface area (Å²) in [7, 11) is 4.33. The largest absolute Gasteiger partial charge is 0.381 e. The van der Waals surface area contributed by atoms with Gasteiger partial charge < -0.3 is 24.8 Å². The topological polar surface area (TPSA) is 43.3 Å². The average molecular weight is 550 g/mol. The van der Waals surface area contributed by atoms with E-state index in [1.165, 1.54) is 11.3 Å². The number of hydrogen-bond donors (Lipinski definition) is 1. The molecule has 0 bridgehead atoms. The highest BCUT2D eigenvalue weighted by molar-refractivity contribution is 14.0. The van der Waals surface area contributed by atoms with Crippen molar-refractivity contribution in [2.24, 2.45) is 4.99 Å². The molecule has 8 heteroatoms. The predicted molar refractivity (Wildman–Crippen MR) is 138 cm³/mol. The van der Waals surface area contributed by atoms with Crippen LogP contribution >= 0.6 is 35.6 Å². The molecule has 0 aliphatic carbocycles. The Hall–Kier alpha value is -0.770. The summed E-state index contributed by atoms with van der Waals surface area (Å²) < 4.78 is 5.60. The fourth-order valence-corrected chi connectivity index (χ4v) is 4.39. The van der Waals surface area contributed by atoms with Gasteiger partial charge in [-0.3, -0.25) is 4.99 Å². The average Bonchev–Trinajstić information content (AvgIpc) is 2.73. The second kappa shape index (κ2) is 11.7. The molecule has 0 aromatic heterocycles. The van der Waals surface area contributed by atoms with Crippen LogP contribution in [0.25, 0.3) is 0 Å². The summed E-state index contributed by atoms with van der Waals surface area (Å²) in [6.45, 7) is 11.5. The van der Waals surface area contributed by atoms with Crippen molar-refractivity contribution in [3.8, 4) is 0 Å². The molecule has 2 fully saturated rings. The number of nitrogens with zero attached hydrogens (tertiary/aromatic N) is 4. The summed E-state index contributed by atoms with van der Waals surface area (Å²) >= 11 is 6.23. The minimum Gasteiger partial charge on any atom is -0.381 e. The van der Waals surface area contributed by atoms with Gasteiger partial charge in [-0.15, -0.1) is 24.0 Å². The summed E-state index contributed by atoms with van der Waals surface area (Å²) in [5, 5.41) is 4.31. The van der Waals surface area contributed by atoms with Crippen LogP contribution < -0.4 is 10.2 Å². The first-order valence-corrected chi connectivity index (χ1v) is 11.1. The lowest BCUT2D eigenvalue weighted by atomic mass is 9.89. The molecule has 170 valence electrons. The van der Waals surface area contributed by atoms with Crippen molar-refractivity contribution in [1.82, 2.24) is 15.1 Å². The van der Waals surface area contributed by atoms with Crippen LogP contribution in [0.15, 0.2) is 23.2 Å². The summed E-state index contributed by atoms with van der Waals surface area (Å²) in [5.74, 6) is 1.03. The van der Waals surface area contributed by atoms with Crippen LogP contribution in [0.4, 0.5) is 5.69 Å². The van der Waals surface area contributed by atoms with Crippen molar-refractivity contribution >= 4 is 47.2 Å². The number of guanidine groups is 1. The van der Waals surface area contributed by atoms with E-state index in [2.05, 4.69) is 60.1 Å². The summed E-state index contributed by atoms with van der Waals surface area (Å²) in [6.07, 6.45) is 2.06. The number of hydrogen-bond acceptors (Lipinski definition) is 4. The fraction of sp³-hybridized carbons (Fsp3) is 0.682. The molecule has 1 aromatic rings. The van der Waals surface area contributed by atoms with Crippen LogP contribution in [-0.4, -0.2) is 87.9 Å². The van der Waals surface area contributed by atoms with E-state index in [0.717, 1.165) is 76.3 Å². The zero-order valence-corrected chi connectivity index (χ0v) is 21.9. The molecule has 3 rings (SSSR count). The number of anilines is 1. The number of benzene rings is 1. The number of likely N-dealkylation sites (N-methyl/N-ethyl adjacent to an activating group) is 1. The molecule has 0 unspecified atom stereocenters. The Morgan fingerprint density at radius 3 is 2.47 bits per heavy atom. The third-order valence-corrected chi connectivity index (χ3v) is 6.56. The quantitative estimate of drug-likeness (QED) is 0.346. The van der Waals surface area contributed by atoms with Crippen LogP contribution in [0, 0.1) is 6.92 Å². The lowest BCUT2D eigenvalue weighted by molar-refractivity contribution is -0.00264. The smallest absolute Gasteiger partial charge is 0.194 e. The molecule has 6 nitrogen and oxygen atoms in total. The maximum atomic E-state index is 6.23. The first-order chi connectivity index (χ1) is 13.9. The number of nitrogens with one attached hydrogen (secondary N) is 1. The third-order valence-electron chi connectivity index (χ3n) is 6.32. The van der Waals surface area contributed by atoms with Crippen LogP contribution in [0.3, 0.4) is 0 Å². The highest BCUT2D eigenvalue weighted by Crippen LogP contribution is 2.27. The number of rotatable bonds is 5. The van der Waals surface area contributed by atoms with Gasteiger partial charge in [-0.05, 0) is 58.5 Å². The molecule has 2 aliphatic heterocycles. The first-order valence-electron chi connectivity index (χ1n) is 10.7. The highest BCUT2D eigenvalue weighted by Gasteiger charge is 2.35. The molecule has 1 aromatic carbocycles. The molecule has 0 spiro atoms. The molecule has 1 N–H and O–H groups in total. The van der Waals surface area contributed by atoms with E-state index >= 15 is 0 Å². The van der Waals surface area contributed by atoms with Crippen molar-refractivity contribution in [3.63, 3.8) is 0 Å². The Morgan fingerprint density at radius 2 is 1.87 bits per heavy atom. The van der Waals surface area contributed by atoms with E-state index in [1.54, 1.807) is 0 Å². The number of piperazine rings is 1. The van der Waals surface area contributed by atoms with E-state index in [1.807, 2.05) is 6.07 Å². The SMILES string of the molecule is CCNC(=NCC1(N(C)C)CCOCC1)N1CCN(c2cc(Cl)ccc2C)CC1.I. The van der Waals surface area contributed by atoms with Crippen molar-refractivity contribution in [1.29, 1.82) is 0 Å². The second-order valence-corrected chi connectivity index (χ2v) is 8.74. The molecule has 2 heterocycles. The Balaban J connectivity index is 0.00000320. The van der Waals surface area contributed by atoms with E-state index < -0.39 is 0 Å². The first kappa shape index (κ1) is 25.5. The Bertz CT molecular complexity index is 701. The maximum Gasteiger partial charge on any atom is 0.194 e. The van der Waals surface area contributed by atoms with E-state index in [4.69, 9.17) is 21.3 Å². The van der Waals surface area contributed by atoms with Gasteiger partial charge in [0, 0.05) is 62.2 Å². The van der Waals surface area contributed by atoms with Crippen LogP contribution in [0.2, 0.25) is 5.02 Å². The van der Waals surface area contributed by atoms with Gasteiger partial charge in [-0.25, -0.2) is 0 Å². The second-order valence-electron chi connectivity index (χ2n) is 8.31. The van der Waals surface area contributed by atoms with E-state index in [-0.39, 0.29) is 29.5 Å². The molecular formula is C22H37ClIN5O. The van der Waals surface area contributed by atoms with Gasteiger partial charge >= 0.3 is 0 Å². The fourth-order valence-electron chi connectivity index (χ4n) is 4.23. The lowest BCUT2D eigenvalue weighted by Gasteiger charge is -2.42. The lowest BCUT2D eigenvalue weighted by Crippen LogP contribution is -2.54. The predicted octanol–water partition coefficient (Wildman–Crippen LogP) is 3.46. The molecule has 2 saturated heterocycles. The van der Waals surface area contributed by atoms with Gasteiger partial charge in [0.15, 0.2) is 5.96 Å². The van der Waals surface area contributed by atoms with E-state index in [9.17, 15) is 0 Å². The van der Waals surface area contributed by atoms with Crippen molar-refractivity contribution in [2.75, 3.05) is 71.5 Å². The molecule has 2 aliphatic rings. The minimum atomic E-state index is 0. The molecular weight excluding hydrogens is 513 g/mol. The zero-order chi connectivity index (χ0) is 20.9. The van der Waals surface area contributed by atoms with Crippen molar-refractivity contribution in [2.45, 2.75) is 32.2 Å². The summed E-state index contributed by atoms with van der Waals surface area (Å²) in [6, 6.07) is 6.14. The zero-order valence-electron chi connectivity index (χ0n) is 18.8. The Kier molecular flexibility index (Phi) is 9.97. The molecule has 0 saturated carbocycles. The summed E-state index contributed by atoms with van der Waals surface area (Å²) in [4.78, 5) is 12.2. The Morgan fingerprint density at radius 1 is 1.20 bits per heavy atom. The monoisotopic (exact) mass is 549 g/mol. The van der Waals surface area contributed by atoms with Crippen LogP contribution in [0.5, 0.6) is 0 Å². The molecule has 0 amide bonds. The van der Waals surface area contributed by atoms with E-state index in [0.29, 0.717) is 0 Å². The van der Waals surface area contributed by atoms with Gasteiger partial charge in [0.05, 0.1) is 6.54 Å². The molecule has 0 radical (unpaired) electrons. The number of ether oxygens (including phenoxy) is 1. The minimum absolute atomic E-state index is 0.